The average molecular weight is 469 g/mol. The van der Waals surface area contributed by atoms with Crippen molar-refractivity contribution in [2.75, 3.05) is 6.54 Å². The van der Waals surface area contributed by atoms with Crippen LogP contribution in [0.1, 0.15) is 56.5 Å². The van der Waals surface area contributed by atoms with E-state index >= 15 is 0 Å². The van der Waals surface area contributed by atoms with Gasteiger partial charge in [0.1, 0.15) is 5.82 Å². The van der Waals surface area contributed by atoms with E-state index in [9.17, 15) is 9.59 Å². The number of aromatic nitrogens is 2. The third-order valence-electron chi connectivity index (χ3n) is 7.70. The van der Waals surface area contributed by atoms with Crippen LogP contribution in [0.5, 0.6) is 0 Å². The zero-order valence-electron chi connectivity index (χ0n) is 20.4. The largest absolute Gasteiger partial charge is 0.346 e. The second-order valence-corrected chi connectivity index (χ2v) is 10.5. The molecule has 3 aliphatic rings. The van der Waals surface area contributed by atoms with E-state index in [4.69, 9.17) is 4.98 Å². The maximum Gasteiger partial charge on any atom is 0.312 e. The van der Waals surface area contributed by atoms with E-state index in [1.165, 1.54) is 16.7 Å². The average Bonchev–Trinajstić information content (AvgIpc) is 3.80. The first-order valence-electron chi connectivity index (χ1n) is 12.9. The Balaban J connectivity index is 1.21. The van der Waals surface area contributed by atoms with Gasteiger partial charge in [0.05, 0.1) is 11.7 Å². The lowest BCUT2D eigenvalue weighted by Crippen LogP contribution is -2.47. The minimum Gasteiger partial charge on any atom is -0.346 e. The van der Waals surface area contributed by atoms with Gasteiger partial charge in [-0.15, -0.1) is 0 Å². The Kier molecular flexibility index (Phi) is 5.47. The van der Waals surface area contributed by atoms with Gasteiger partial charge in [-0.25, -0.2) is 4.98 Å². The number of nitrogens with one attached hydrogen (secondary N) is 1. The number of likely N-dealkylation sites (tertiary alicyclic amines) is 1. The second-order valence-electron chi connectivity index (χ2n) is 10.5. The molecule has 180 valence electrons. The molecular weight excluding hydrogens is 436 g/mol. The van der Waals surface area contributed by atoms with Gasteiger partial charge in [0.15, 0.2) is 0 Å². The molecule has 2 aromatic carbocycles. The molecule has 2 saturated carbocycles. The summed E-state index contributed by atoms with van der Waals surface area (Å²) in [6.07, 6.45) is 6.89. The van der Waals surface area contributed by atoms with Gasteiger partial charge in [-0.05, 0) is 56.1 Å². The van der Waals surface area contributed by atoms with Crippen molar-refractivity contribution in [3.63, 3.8) is 0 Å². The van der Waals surface area contributed by atoms with Crippen LogP contribution < -0.4 is 0 Å². The fourth-order valence-electron chi connectivity index (χ4n) is 5.38. The fraction of sp³-hybridized carbons (Fsp3) is 0.414. The maximum absolute atomic E-state index is 13.3. The molecule has 1 aliphatic heterocycles. The van der Waals surface area contributed by atoms with Gasteiger partial charge in [-0.2, -0.15) is 0 Å². The van der Waals surface area contributed by atoms with E-state index in [1.807, 2.05) is 11.1 Å². The summed E-state index contributed by atoms with van der Waals surface area (Å²) in [7, 11) is 0. The van der Waals surface area contributed by atoms with Crippen molar-refractivity contribution in [1.82, 2.24) is 19.8 Å². The maximum atomic E-state index is 13.3. The van der Waals surface area contributed by atoms with Gasteiger partial charge < -0.3 is 14.8 Å². The number of hydrogen-bond acceptors (Lipinski definition) is 3. The monoisotopic (exact) mass is 468 g/mol. The zero-order valence-corrected chi connectivity index (χ0v) is 20.4. The lowest BCUT2D eigenvalue weighted by atomic mass is 10.0. The van der Waals surface area contributed by atoms with Gasteiger partial charge >= 0.3 is 11.8 Å². The normalized spacial score (nSPS) is 21.8. The summed E-state index contributed by atoms with van der Waals surface area (Å²) in [5, 5.41) is 0. The second kappa shape index (κ2) is 8.67. The summed E-state index contributed by atoms with van der Waals surface area (Å²) in [6, 6.07) is 17.3. The molecule has 6 nitrogen and oxygen atoms in total. The Bertz CT molecular complexity index is 1230. The number of benzene rings is 2. The molecule has 35 heavy (non-hydrogen) atoms. The SMILES string of the molecule is Cc1ccc(-c2ccc(-c3c[nH]c(C4[C@H](C)CCN4C(=O)C(=O)N(C4CC4)C4CC4)n3)cc2)cc1. The Morgan fingerprint density at radius 3 is 2.06 bits per heavy atom. The summed E-state index contributed by atoms with van der Waals surface area (Å²) in [6.45, 7) is 4.83. The van der Waals surface area contributed by atoms with Gasteiger partial charge in [0.25, 0.3) is 0 Å². The van der Waals surface area contributed by atoms with Crippen molar-refractivity contribution in [2.45, 2.75) is 64.1 Å². The molecule has 1 saturated heterocycles. The Labute approximate surface area is 206 Å². The van der Waals surface area contributed by atoms with E-state index < -0.39 is 0 Å². The molecule has 2 amide bonds. The van der Waals surface area contributed by atoms with Crippen molar-refractivity contribution in [2.24, 2.45) is 5.92 Å². The number of carbonyl (C=O) groups is 2. The molecule has 0 spiro atoms. The number of amides is 2. The number of rotatable bonds is 5. The first-order chi connectivity index (χ1) is 17.0. The van der Waals surface area contributed by atoms with Crippen molar-refractivity contribution in [1.29, 1.82) is 0 Å². The third kappa shape index (κ3) is 4.26. The molecule has 2 aliphatic carbocycles. The quantitative estimate of drug-likeness (QED) is 0.529. The summed E-state index contributed by atoms with van der Waals surface area (Å²) < 4.78 is 0. The van der Waals surface area contributed by atoms with E-state index in [0.717, 1.165) is 49.2 Å². The number of H-pyrrole nitrogens is 1. The molecular formula is C29H32N4O2. The Morgan fingerprint density at radius 2 is 1.46 bits per heavy atom. The van der Waals surface area contributed by atoms with Crippen LogP contribution in [-0.2, 0) is 9.59 Å². The van der Waals surface area contributed by atoms with Crippen LogP contribution in [0.4, 0.5) is 0 Å². The first-order valence-corrected chi connectivity index (χ1v) is 12.9. The molecule has 6 heteroatoms. The van der Waals surface area contributed by atoms with Gasteiger partial charge in [0, 0.05) is 30.4 Å². The molecule has 2 atom stereocenters. The van der Waals surface area contributed by atoms with Crippen molar-refractivity contribution in [3.05, 3.63) is 66.1 Å². The van der Waals surface area contributed by atoms with E-state index in [-0.39, 0.29) is 35.9 Å². The van der Waals surface area contributed by atoms with Gasteiger partial charge in [0.2, 0.25) is 0 Å². The Hall–Kier alpha value is -3.41. The van der Waals surface area contributed by atoms with E-state index in [1.54, 1.807) is 4.90 Å². The highest BCUT2D eigenvalue weighted by molar-refractivity contribution is 6.35. The minimum absolute atomic E-state index is 0.202. The topological polar surface area (TPSA) is 69.3 Å². The van der Waals surface area contributed by atoms with Crippen LogP contribution in [0.25, 0.3) is 22.4 Å². The molecule has 6 rings (SSSR count). The number of nitrogens with zero attached hydrogens (tertiary/aromatic N) is 3. The van der Waals surface area contributed by atoms with E-state index in [0.29, 0.717) is 6.54 Å². The molecule has 1 N–H and O–H groups in total. The number of carbonyl (C=O) groups excluding carboxylic acids is 2. The fourth-order valence-corrected chi connectivity index (χ4v) is 5.38. The van der Waals surface area contributed by atoms with Crippen LogP contribution in [0, 0.1) is 12.8 Å². The molecule has 3 fully saturated rings. The molecule has 3 aromatic rings. The smallest absolute Gasteiger partial charge is 0.312 e. The molecule has 0 bridgehead atoms. The lowest BCUT2D eigenvalue weighted by molar-refractivity contribution is -0.153. The predicted octanol–water partition coefficient (Wildman–Crippen LogP) is 5.12. The predicted molar refractivity (Wildman–Crippen MR) is 135 cm³/mol. The summed E-state index contributed by atoms with van der Waals surface area (Å²) >= 11 is 0. The summed E-state index contributed by atoms with van der Waals surface area (Å²) in [4.78, 5) is 38.4. The number of hydrogen-bond donors (Lipinski definition) is 1. The lowest BCUT2D eigenvalue weighted by Gasteiger charge is -2.28. The van der Waals surface area contributed by atoms with Gasteiger partial charge in [-0.1, -0.05) is 61.0 Å². The van der Waals surface area contributed by atoms with Gasteiger partial charge in [-0.3, -0.25) is 9.59 Å². The van der Waals surface area contributed by atoms with Crippen LogP contribution in [0.3, 0.4) is 0 Å². The third-order valence-corrected chi connectivity index (χ3v) is 7.70. The highest BCUT2D eigenvalue weighted by Crippen LogP contribution is 2.40. The standard InChI is InChI=1S/C29H32N4O2/c1-18-3-5-20(6-4-18)21-7-9-22(10-8-21)25-17-30-27(31-25)26-19(2)15-16-32(26)28(34)29(35)33(23-11-12-23)24-13-14-24/h3-10,17,19,23-24,26H,11-16H2,1-2H3,(H,30,31)/t19-,26?/m1/s1. The highest BCUT2D eigenvalue weighted by Gasteiger charge is 2.47. The molecule has 1 unspecified atom stereocenters. The van der Waals surface area contributed by atoms with Crippen molar-refractivity contribution < 1.29 is 9.59 Å². The molecule has 2 heterocycles. The van der Waals surface area contributed by atoms with Crippen LogP contribution in [0.2, 0.25) is 0 Å². The number of imidazole rings is 1. The number of aromatic amines is 1. The molecule has 1 aromatic heterocycles. The minimum atomic E-state index is -0.362. The highest BCUT2D eigenvalue weighted by atomic mass is 16.2. The van der Waals surface area contributed by atoms with E-state index in [2.05, 4.69) is 67.4 Å². The Morgan fingerprint density at radius 1 is 0.886 bits per heavy atom. The first kappa shape index (κ1) is 22.1. The van der Waals surface area contributed by atoms with Crippen LogP contribution in [-0.4, -0.2) is 50.2 Å². The van der Waals surface area contributed by atoms with Crippen molar-refractivity contribution >= 4 is 11.8 Å². The summed E-state index contributed by atoms with van der Waals surface area (Å²) in [5.74, 6) is 0.328. The van der Waals surface area contributed by atoms with Crippen molar-refractivity contribution in [3.8, 4) is 22.4 Å². The zero-order chi connectivity index (χ0) is 24.1. The number of aryl methyl sites for hydroxylation is 1. The molecule has 0 radical (unpaired) electrons. The summed E-state index contributed by atoms with van der Waals surface area (Å²) in [5.41, 5.74) is 5.48. The van der Waals surface area contributed by atoms with Crippen LogP contribution in [0.15, 0.2) is 54.7 Å². The van der Waals surface area contributed by atoms with Crippen LogP contribution >= 0.6 is 0 Å².